The molecule has 0 saturated carbocycles. The van der Waals surface area contributed by atoms with E-state index in [-0.39, 0.29) is 11.8 Å². The smallest absolute Gasteiger partial charge is 0.279 e. The van der Waals surface area contributed by atoms with Crippen LogP contribution in [0.15, 0.2) is 42.5 Å². The summed E-state index contributed by atoms with van der Waals surface area (Å²) in [6.45, 7) is 9.36. The number of para-hydroxylation sites is 1. The molecule has 30 heavy (non-hydrogen) atoms. The third kappa shape index (κ3) is 6.62. The number of amides is 3. The Bertz CT molecular complexity index is 887. The Morgan fingerprint density at radius 2 is 1.50 bits per heavy atom. The predicted molar refractivity (Wildman–Crippen MR) is 116 cm³/mol. The second-order valence-electron chi connectivity index (χ2n) is 7.65. The molecule has 0 aliphatic rings. The van der Waals surface area contributed by atoms with Gasteiger partial charge in [-0.15, -0.1) is 0 Å². The Morgan fingerprint density at radius 3 is 2.07 bits per heavy atom. The standard InChI is InChI=1S/C23H29N3O4/c1-14(2)13-20(27)24-19-11-9-18(10-12-19)23(29)26-25-22(28)17(5)30-21-15(3)7-6-8-16(21)4/h6-12,14,17H,13H2,1-5H3,(H,24,27)(H,25,28)(H,26,29)/t17-/m0/s1. The lowest BCUT2D eigenvalue weighted by Gasteiger charge is -2.18. The van der Waals surface area contributed by atoms with Crippen LogP contribution in [0.5, 0.6) is 5.75 Å². The van der Waals surface area contributed by atoms with Gasteiger partial charge < -0.3 is 10.1 Å². The molecule has 3 amide bonds. The molecule has 2 aromatic carbocycles. The third-order valence-electron chi connectivity index (χ3n) is 4.40. The van der Waals surface area contributed by atoms with E-state index in [0.29, 0.717) is 23.4 Å². The minimum absolute atomic E-state index is 0.0765. The first-order chi connectivity index (χ1) is 14.2. The van der Waals surface area contributed by atoms with Gasteiger partial charge in [0.25, 0.3) is 11.8 Å². The number of aryl methyl sites for hydroxylation is 2. The molecular formula is C23H29N3O4. The number of carbonyl (C=O) groups is 3. The third-order valence-corrected chi connectivity index (χ3v) is 4.40. The van der Waals surface area contributed by atoms with Gasteiger partial charge in [-0.2, -0.15) is 0 Å². The minimum atomic E-state index is -0.788. The van der Waals surface area contributed by atoms with Gasteiger partial charge in [-0.1, -0.05) is 32.0 Å². The number of hydrogen-bond donors (Lipinski definition) is 3. The fourth-order valence-electron chi connectivity index (χ4n) is 2.80. The molecule has 0 spiro atoms. The summed E-state index contributed by atoms with van der Waals surface area (Å²) in [5.74, 6) is -0.0973. The van der Waals surface area contributed by atoms with Crippen molar-refractivity contribution in [3.8, 4) is 5.75 Å². The van der Waals surface area contributed by atoms with E-state index < -0.39 is 17.9 Å². The molecule has 0 fully saturated rings. The molecule has 1 atom stereocenters. The van der Waals surface area contributed by atoms with E-state index >= 15 is 0 Å². The molecule has 0 aliphatic carbocycles. The van der Waals surface area contributed by atoms with Crippen LogP contribution in [0.25, 0.3) is 0 Å². The van der Waals surface area contributed by atoms with Crippen LogP contribution in [0, 0.1) is 19.8 Å². The van der Waals surface area contributed by atoms with Crippen LogP contribution < -0.4 is 20.9 Å². The molecule has 0 radical (unpaired) electrons. The first kappa shape index (κ1) is 22.9. The minimum Gasteiger partial charge on any atom is -0.480 e. The first-order valence-electron chi connectivity index (χ1n) is 9.90. The largest absolute Gasteiger partial charge is 0.480 e. The predicted octanol–water partition coefficient (Wildman–Crippen LogP) is 3.52. The lowest BCUT2D eigenvalue weighted by atomic mass is 10.1. The molecular weight excluding hydrogens is 382 g/mol. The lowest BCUT2D eigenvalue weighted by Crippen LogP contribution is -2.47. The number of nitrogens with one attached hydrogen (secondary N) is 3. The van der Waals surface area contributed by atoms with Crippen molar-refractivity contribution in [1.82, 2.24) is 10.9 Å². The maximum atomic E-state index is 12.3. The molecule has 2 rings (SSSR count). The molecule has 7 heteroatoms. The Morgan fingerprint density at radius 1 is 0.900 bits per heavy atom. The number of hydrogen-bond acceptors (Lipinski definition) is 4. The van der Waals surface area contributed by atoms with Crippen LogP contribution >= 0.6 is 0 Å². The van der Waals surface area contributed by atoms with Crippen molar-refractivity contribution in [2.24, 2.45) is 5.92 Å². The SMILES string of the molecule is Cc1cccc(C)c1O[C@@H](C)C(=O)NNC(=O)c1ccc(NC(=O)CC(C)C)cc1. The normalized spacial score (nSPS) is 11.5. The van der Waals surface area contributed by atoms with Gasteiger partial charge in [0.1, 0.15) is 5.75 Å². The van der Waals surface area contributed by atoms with E-state index in [1.54, 1.807) is 31.2 Å². The summed E-state index contributed by atoms with van der Waals surface area (Å²) in [4.78, 5) is 36.3. The van der Waals surface area contributed by atoms with Crippen LogP contribution in [0.3, 0.4) is 0 Å². The number of hydrazine groups is 1. The van der Waals surface area contributed by atoms with Gasteiger partial charge in [-0.05, 0) is 62.1 Å². The molecule has 3 N–H and O–H groups in total. The van der Waals surface area contributed by atoms with Gasteiger partial charge in [0.2, 0.25) is 5.91 Å². The molecule has 0 heterocycles. The monoisotopic (exact) mass is 411 g/mol. The molecule has 0 saturated heterocycles. The topological polar surface area (TPSA) is 96.5 Å². The van der Waals surface area contributed by atoms with Gasteiger partial charge in [0.05, 0.1) is 0 Å². The highest BCUT2D eigenvalue weighted by molar-refractivity contribution is 5.97. The highest BCUT2D eigenvalue weighted by atomic mass is 16.5. The quantitative estimate of drug-likeness (QED) is 0.608. The number of rotatable bonds is 7. The Balaban J connectivity index is 1.87. The Kier molecular flexibility index (Phi) is 7.98. The summed E-state index contributed by atoms with van der Waals surface area (Å²) < 4.78 is 5.75. The number of benzene rings is 2. The van der Waals surface area contributed by atoms with E-state index in [4.69, 9.17) is 4.74 Å². The van der Waals surface area contributed by atoms with Crippen LogP contribution in [-0.4, -0.2) is 23.8 Å². The molecule has 7 nitrogen and oxygen atoms in total. The van der Waals surface area contributed by atoms with Crippen molar-refractivity contribution in [2.45, 2.75) is 47.1 Å². The van der Waals surface area contributed by atoms with Crippen LogP contribution in [-0.2, 0) is 9.59 Å². The maximum Gasteiger partial charge on any atom is 0.279 e. The zero-order valence-electron chi connectivity index (χ0n) is 18.0. The fraction of sp³-hybridized carbons (Fsp3) is 0.348. The van der Waals surface area contributed by atoms with E-state index in [9.17, 15) is 14.4 Å². The van der Waals surface area contributed by atoms with Crippen molar-refractivity contribution < 1.29 is 19.1 Å². The van der Waals surface area contributed by atoms with Crippen LogP contribution in [0.4, 0.5) is 5.69 Å². The summed E-state index contributed by atoms with van der Waals surface area (Å²) in [5.41, 5.74) is 7.57. The van der Waals surface area contributed by atoms with Crippen LogP contribution in [0.1, 0.15) is 48.7 Å². The van der Waals surface area contributed by atoms with Gasteiger partial charge in [-0.25, -0.2) is 0 Å². The summed E-state index contributed by atoms with van der Waals surface area (Å²) in [6.07, 6.45) is -0.361. The highest BCUT2D eigenvalue weighted by Crippen LogP contribution is 2.23. The fourth-order valence-corrected chi connectivity index (χ4v) is 2.80. The van der Waals surface area contributed by atoms with Crippen molar-refractivity contribution in [2.75, 3.05) is 5.32 Å². The second kappa shape index (κ2) is 10.4. The van der Waals surface area contributed by atoms with Gasteiger partial charge >= 0.3 is 0 Å². The van der Waals surface area contributed by atoms with Crippen molar-refractivity contribution >= 4 is 23.4 Å². The lowest BCUT2D eigenvalue weighted by molar-refractivity contribution is -0.128. The second-order valence-corrected chi connectivity index (χ2v) is 7.65. The van der Waals surface area contributed by atoms with Gasteiger partial charge in [0.15, 0.2) is 6.10 Å². The summed E-state index contributed by atoms with van der Waals surface area (Å²) in [5, 5.41) is 2.78. The van der Waals surface area contributed by atoms with E-state index in [2.05, 4.69) is 16.2 Å². The Hall–Kier alpha value is -3.35. The molecule has 0 unspecified atom stereocenters. The summed E-state index contributed by atoms with van der Waals surface area (Å²) >= 11 is 0. The average Bonchev–Trinajstić information content (AvgIpc) is 2.68. The van der Waals surface area contributed by atoms with E-state index in [1.807, 2.05) is 45.9 Å². The number of anilines is 1. The molecule has 2 aromatic rings. The first-order valence-corrected chi connectivity index (χ1v) is 9.90. The van der Waals surface area contributed by atoms with E-state index in [0.717, 1.165) is 11.1 Å². The molecule has 0 aromatic heterocycles. The Labute approximate surface area is 177 Å². The summed E-state index contributed by atoms with van der Waals surface area (Å²) in [6, 6.07) is 12.2. The molecule has 0 aliphatic heterocycles. The zero-order chi connectivity index (χ0) is 22.3. The summed E-state index contributed by atoms with van der Waals surface area (Å²) in [7, 11) is 0. The van der Waals surface area contributed by atoms with Crippen molar-refractivity contribution in [3.05, 3.63) is 59.2 Å². The average molecular weight is 412 g/mol. The molecule has 0 bridgehead atoms. The zero-order valence-corrected chi connectivity index (χ0v) is 18.0. The number of carbonyl (C=O) groups excluding carboxylic acids is 3. The maximum absolute atomic E-state index is 12.3. The van der Waals surface area contributed by atoms with Crippen molar-refractivity contribution in [1.29, 1.82) is 0 Å². The van der Waals surface area contributed by atoms with Gasteiger partial charge in [0, 0.05) is 17.7 Å². The van der Waals surface area contributed by atoms with Gasteiger partial charge in [-0.3, -0.25) is 25.2 Å². The number of ether oxygens (including phenoxy) is 1. The highest BCUT2D eigenvalue weighted by Gasteiger charge is 2.18. The van der Waals surface area contributed by atoms with Crippen LogP contribution in [0.2, 0.25) is 0 Å². The molecule has 160 valence electrons. The van der Waals surface area contributed by atoms with E-state index in [1.165, 1.54) is 0 Å². The van der Waals surface area contributed by atoms with Crippen molar-refractivity contribution in [3.63, 3.8) is 0 Å².